The van der Waals surface area contributed by atoms with Gasteiger partial charge < -0.3 is 10.5 Å². The molecule has 0 aromatic heterocycles. The summed E-state index contributed by atoms with van der Waals surface area (Å²) in [4.78, 5) is 13.9. The topological polar surface area (TPSA) is 90.8 Å². The van der Waals surface area contributed by atoms with Crippen LogP contribution in [0, 0.1) is 10.1 Å². The molecule has 0 heterocycles. The first-order chi connectivity index (χ1) is 8.13. The summed E-state index contributed by atoms with van der Waals surface area (Å²) in [5.41, 5.74) is 6.31. The highest BCUT2D eigenvalue weighted by atomic mass is 32.1. The van der Waals surface area contributed by atoms with Crippen molar-refractivity contribution in [3.63, 3.8) is 0 Å². The number of nitrogens with zero attached hydrogens (tertiary/aromatic N) is 2. The number of benzene rings is 1. The lowest BCUT2D eigenvalue weighted by molar-refractivity contribution is -0.384. The molecule has 2 N–H and O–H groups in total. The largest absolute Gasteiger partial charge is 0.461 e. The fourth-order valence-electron chi connectivity index (χ4n) is 1.08. The molecule has 0 amide bonds. The molecule has 0 saturated carbocycles. The number of nitrogens with two attached hydrogens (primary N) is 1. The number of ether oxygens (including phenoxy) is 1. The molecule has 17 heavy (non-hydrogen) atoms. The number of hydrogen-bond acceptors (Lipinski definition) is 5. The minimum atomic E-state index is -0.451. The normalized spacial score (nSPS) is 11.2. The molecular weight excluding hydrogens is 242 g/mol. The van der Waals surface area contributed by atoms with E-state index in [1.807, 2.05) is 0 Å². The molecule has 0 unspecified atom stereocenters. The van der Waals surface area contributed by atoms with Crippen molar-refractivity contribution in [1.29, 1.82) is 0 Å². The van der Waals surface area contributed by atoms with Gasteiger partial charge in [0, 0.05) is 17.9 Å². The Bertz CT molecular complexity index is 406. The second-order valence-corrected chi connectivity index (χ2v) is 3.60. The van der Waals surface area contributed by atoms with Crippen LogP contribution in [0.4, 0.5) is 5.69 Å². The van der Waals surface area contributed by atoms with Crippen LogP contribution >= 0.6 is 12.6 Å². The highest BCUT2D eigenvalue weighted by Crippen LogP contribution is 2.12. The lowest BCUT2D eigenvalue weighted by atomic mass is 10.2. The first kappa shape index (κ1) is 13.3. The van der Waals surface area contributed by atoms with Gasteiger partial charge in [-0.1, -0.05) is 0 Å². The van der Waals surface area contributed by atoms with Gasteiger partial charge in [-0.15, -0.1) is 0 Å². The van der Waals surface area contributed by atoms with E-state index >= 15 is 0 Å². The van der Waals surface area contributed by atoms with Crippen LogP contribution in [0.5, 0.6) is 0 Å². The number of amidine groups is 1. The van der Waals surface area contributed by atoms with Gasteiger partial charge in [-0.3, -0.25) is 10.1 Å². The Kier molecular flexibility index (Phi) is 5.28. The first-order valence-electron chi connectivity index (χ1n) is 4.90. The van der Waals surface area contributed by atoms with Crippen LogP contribution in [0.15, 0.2) is 29.3 Å². The molecule has 0 saturated heterocycles. The van der Waals surface area contributed by atoms with E-state index in [-0.39, 0.29) is 18.3 Å². The molecule has 0 fully saturated rings. The molecule has 1 rings (SSSR count). The second-order valence-electron chi connectivity index (χ2n) is 3.16. The second kappa shape index (κ2) is 6.74. The molecule has 0 radical (unpaired) electrons. The van der Waals surface area contributed by atoms with Crippen molar-refractivity contribution >= 4 is 24.3 Å². The molecule has 1 aromatic carbocycles. The lowest BCUT2D eigenvalue weighted by Gasteiger charge is -2.04. The SMILES string of the molecule is NC(=NCCS)OCc1ccc([N+](=O)[O-])cc1. The van der Waals surface area contributed by atoms with Gasteiger partial charge in [-0.05, 0) is 17.7 Å². The van der Waals surface area contributed by atoms with Crippen LogP contribution in [-0.2, 0) is 11.3 Å². The van der Waals surface area contributed by atoms with E-state index in [0.717, 1.165) is 5.56 Å². The average Bonchev–Trinajstić information content (AvgIpc) is 2.34. The predicted molar refractivity (Wildman–Crippen MR) is 68.2 cm³/mol. The summed E-state index contributed by atoms with van der Waals surface area (Å²) in [6.45, 7) is 0.731. The van der Waals surface area contributed by atoms with Crippen molar-refractivity contribution in [3.8, 4) is 0 Å². The average molecular weight is 255 g/mol. The Morgan fingerprint density at radius 3 is 2.65 bits per heavy atom. The molecule has 0 atom stereocenters. The van der Waals surface area contributed by atoms with Crippen LogP contribution < -0.4 is 5.73 Å². The van der Waals surface area contributed by atoms with Crippen LogP contribution in [0.2, 0.25) is 0 Å². The maximum Gasteiger partial charge on any atom is 0.282 e. The van der Waals surface area contributed by atoms with Crippen LogP contribution in [0.1, 0.15) is 5.56 Å². The van der Waals surface area contributed by atoms with E-state index in [4.69, 9.17) is 10.5 Å². The Balaban J connectivity index is 2.50. The van der Waals surface area contributed by atoms with Crippen LogP contribution in [0.3, 0.4) is 0 Å². The Labute approximate surface area is 104 Å². The number of thiol groups is 1. The molecule has 0 aliphatic heterocycles. The number of hydrogen-bond donors (Lipinski definition) is 2. The van der Waals surface area contributed by atoms with Crippen molar-refractivity contribution in [2.75, 3.05) is 12.3 Å². The highest BCUT2D eigenvalue weighted by molar-refractivity contribution is 7.80. The van der Waals surface area contributed by atoms with Gasteiger partial charge in [0.05, 0.1) is 11.5 Å². The molecule has 7 heteroatoms. The zero-order valence-corrected chi connectivity index (χ0v) is 9.97. The quantitative estimate of drug-likeness (QED) is 0.273. The predicted octanol–water partition coefficient (Wildman–Crippen LogP) is 1.36. The van der Waals surface area contributed by atoms with Crippen molar-refractivity contribution < 1.29 is 9.66 Å². The van der Waals surface area contributed by atoms with Gasteiger partial charge in [0.25, 0.3) is 11.7 Å². The maximum atomic E-state index is 10.4. The summed E-state index contributed by atoms with van der Waals surface area (Å²) in [7, 11) is 0. The molecule has 6 nitrogen and oxygen atoms in total. The highest BCUT2D eigenvalue weighted by Gasteiger charge is 2.04. The zero-order valence-electron chi connectivity index (χ0n) is 9.07. The third kappa shape index (κ3) is 4.73. The fraction of sp³-hybridized carbons (Fsp3) is 0.300. The van der Waals surface area contributed by atoms with E-state index in [0.29, 0.717) is 12.3 Å². The number of aliphatic imine (C=N–C) groups is 1. The summed E-state index contributed by atoms with van der Waals surface area (Å²) >= 11 is 3.98. The summed E-state index contributed by atoms with van der Waals surface area (Å²) in [5, 5.41) is 10.4. The molecule has 1 aromatic rings. The number of nitro groups is 1. The van der Waals surface area contributed by atoms with Crippen molar-refractivity contribution in [2.24, 2.45) is 10.7 Å². The summed E-state index contributed by atoms with van der Waals surface area (Å²) in [6.07, 6.45) is 0. The van der Waals surface area contributed by atoms with Gasteiger partial charge >= 0.3 is 0 Å². The Morgan fingerprint density at radius 2 is 2.12 bits per heavy atom. The fourth-order valence-corrected chi connectivity index (χ4v) is 1.18. The molecular formula is C10H13N3O3S. The van der Waals surface area contributed by atoms with Crippen LogP contribution in [0.25, 0.3) is 0 Å². The Morgan fingerprint density at radius 1 is 1.47 bits per heavy atom. The van der Waals surface area contributed by atoms with Crippen molar-refractivity contribution in [3.05, 3.63) is 39.9 Å². The minimum Gasteiger partial charge on any atom is -0.461 e. The van der Waals surface area contributed by atoms with E-state index in [1.165, 1.54) is 12.1 Å². The number of non-ortho nitro benzene ring substituents is 1. The third-order valence-electron chi connectivity index (χ3n) is 1.90. The monoisotopic (exact) mass is 255 g/mol. The van der Waals surface area contributed by atoms with Gasteiger partial charge in [-0.25, -0.2) is 4.99 Å². The van der Waals surface area contributed by atoms with Crippen LogP contribution in [-0.4, -0.2) is 23.2 Å². The maximum absolute atomic E-state index is 10.4. The van der Waals surface area contributed by atoms with Crippen molar-refractivity contribution in [1.82, 2.24) is 0 Å². The molecule has 0 spiro atoms. The molecule has 0 bridgehead atoms. The summed E-state index contributed by atoms with van der Waals surface area (Å²) < 4.78 is 5.15. The summed E-state index contributed by atoms with van der Waals surface area (Å²) in [5.74, 6) is 0.599. The smallest absolute Gasteiger partial charge is 0.282 e. The van der Waals surface area contributed by atoms with Crippen molar-refractivity contribution in [2.45, 2.75) is 6.61 Å². The molecule has 0 aliphatic rings. The molecule has 0 aliphatic carbocycles. The molecule has 92 valence electrons. The van der Waals surface area contributed by atoms with E-state index in [9.17, 15) is 10.1 Å². The van der Waals surface area contributed by atoms with Gasteiger partial charge in [0.15, 0.2) is 0 Å². The standard InChI is InChI=1S/C10H13N3O3S/c11-10(12-5-6-17)16-7-8-1-3-9(4-2-8)13(14)15/h1-4,17H,5-7H2,(H2,11,12). The summed E-state index contributed by atoms with van der Waals surface area (Å²) in [6, 6.07) is 6.16. The number of nitro benzene ring substituents is 1. The number of rotatable bonds is 5. The van der Waals surface area contributed by atoms with Gasteiger partial charge in [0.2, 0.25) is 0 Å². The zero-order chi connectivity index (χ0) is 12.7. The van der Waals surface area contributed by atoms with E-state index in [1.54, 1.807) is 12.1 Å². The van der Waals surface area contributed by atoms with E-state index < -0.39 is 4.92 Å². The Hall–Kier alpha value is -1.76. The minimum absolute atomic E-state index is 0.0467. The lowest BCUT2D eigenvalue weighted by Crippen LogP contribution is -2.16. The van der Waals surface area contributed by atoms with Gasteiger partial charge in [0.1, 0.15) is 6.61 Å². The third-order valence-corrected chi connectivity index (χ3v) is 2.10. The van der Waals surface area contributed by atoms with E-state index in [2.05, 4.69) is 17.6 Å². The first-order valence-corrected chi connectivity index (χ1v) is 5.53. The van der Waals surface area contributed by atoms with Gasteiger partial charge in [-0.2, -0.15) is 12.6 Å².